The highest BCUT2D eigenvalue weighted by Crippen LogP contribution is 2.27. The molecular formula is C24H32ClN3O. The molecule has 2 aromatic rings. The largest absolute Gasteiger partial charge is 0.492 e. The third-order valence-electron chi connectivity index (χ3n) is 6.21. The van der Waals surface area contributed by atoms with Crippen molar-refractivity contribution >= 4 is 11.6 Å². The molecule has 2 aliphatic rings. The Morgan fingerprint density at radius 3 is 2.41 bits per heavy atom. The monoisotopic (exact) mass is 413 g/mol. The lowest BCUT2D eigenvalue weighted by molar-refractivity contribution is 0.121. The van der Waals surface area contributed by atoms with Crippen molar-refractivity contribution in [3.05, 3.63) is 64.2 Å². The molecular weight excluding hydrogens is 382 g/mol. The highest BCUT2D eigenvalue weighted by molar-refractivity contribution is 6.31. The second-order valence-corrected chi connectivity index (χ2v) is 8.51. The predicted octanol–water partition coefficient (Wildman–Crippen LogP) is 3.91. The predicted molar refractivity (Wildman–Crippen MR) is 120 cm³/mol. The fraction of sp³-hybridized carbons (Fsp3) is 0.500. The van der Waals surface area contributed by atoms with E-state index in [2.05, 4.69) is 58.0 Å². The van der Waals surface area contributed by atoms with Gasteiger partial charge < -0.3 is 9.64 Å². The molecule has 0 unspecified atom stereocenters. The van der Waals surface area contributed by atoms with Crippen LogP contribution in [-0.2, 0) is 19.5 Å². The fourth-order valence-corrected chi connectivity index (χ4v) is 4.62. The average molecular weight is 414 g/mol. The molecule has 0 atom stereocenters. The molecule has 29 heavy (non-hydrogen) atoms. The zero-order valence-electron chi connectivity index (χ0n) is 17.4. The molecule has 0 bridgehead atoms. The van der Waals surface area contributed by atoms with Gasteiger partial charge in [-0.15, -0.1) is 0 Å². The van der Waals surface area contributed by atoms with E-state index in [9.17, 15) is 0 Å². The minimum absolute atomic E-state index is 0.759. The molecule has 5 heteroatoms. The Hall–Kier alpha value is -1.59. The number of nitrogens with zero attached hydrogens (tertiary/aromatic N) is 3. The van der Waals surface area contributed by atoms with E-state index in [0.717, 1.165) is 69.6 Å². The fourth-order valence-electron chi connectivity index (χ4n) is 4.33. The van der Waals surface area contributed by atoms with Crippen LogP contribution in [0.3, 0.4) is 0 Å². The smallest absolute Gasteiger partial charge is 0.119 e. The molecule has 0 spiro atoms. The number of likely N-dealkylation sites (N-methyl/N-ethyl adjacent to an activating group) is 1. The highest BCUT2D eigenvalue weighted by Gasteiger charge is 2.18. The summed E-state index contributed by atoms with van der Waals surface area (Å²) in [5, 5.41) is 0.913. The first kappa shape index (κ1) is 20.7. The first-order valence-electron chi connectivity index (χ1n) is 10.9. The zero-order valence-corrected chi connectivity index (χ0v) is 18.2. The van der Waals surface area contributed by atoms with Crippen LogP contribution in [0.5, 0.6) is 5.75 Å². The lowest BCUT2D eigenvalue weighted by atomic mass is 9.99. The number of rotatable bonds is 7. The summed E-state index contributed by atoms with van der Waals surface area (Å²) in [4.78, 5) is 7.50. The maximum absolute atomic E-state index is 6.33. The minimum Gasteiger partial charge on any atom is -0.492 e. The summed E-state index contributed by atoms with van der Waals surface area (Å²) >= 11 is 6.33. The van der Waals surface area contributed by atoms with Crippen molar-refractivity contribution in [2.45, 2.75) is 26.4 Å². The third kappa shape index (κ3) is 5.52. The van der Waals surface area contributed by atoms with E-state index in [1.54, 1.807) is 0 Å². The van der Waals surface area contributed by atoms with Gasteiger partial charge in [-0.25, -0.2) is 0 Å². The summed E-state index contributed by atoms with van der Waals surface area (Å²) in [6.45, 7) is 12.8. The molecule has 2 aliphatic heterocycles. The maximum atomic E-state index is 6.33. The molecule has 2 aromatic carbocycles. The SMILES string of the molecule is CCN1CCN(CCOc2ccc(CN3CCc4c(Cl)cccc4C3)cc2)CC1. The highest BCUT2D eigenvalue weighted by atomic mass is 35.5. The van der Waals surface area contributed by atoms with Gasteiger partial charge in [0.1, 0.15) is 12.4 Å². The van der Waals surface area contributed by atoms with Crippen LogP contribution in [-0.4, -0.2) is 67.1 Å². The Balaban J connectivity index is 1.22. The summed E-state index contributed by atoms with van der Waals surface area (Å²) in [5.41, 5.74) is 4.02. The minimum atomic E-state index is 0.759. The van der Waals surface area contributed by atoms with E-state index >= 15 is 0 Å². The molecule has 4 nitrogen and oxygen atoms in total. The second-order valence-electron chi connectivity index (χ2n) is 8.11. The Morgan fingerprint density at radius 1 is 0.897 bits per heavy atom. The number of piperazine rings is 1. The van der Waals surface area contributed by atoms with Crippen LogP contribution in [0, 0.1) is 0 Å². The van der Waals surface area contributed by atoms with Gasteiger partial charge in [0.25, 0.3) is 0 Å². The van der Waals surface area contributed by atoms with Gasteiger partial charge in [0.2, 0.25) is 0 Å². The number of hydrogen-bond acceptors (Lipinski definition) is 4. The first-order valence-corrected chi connectivity index (χ1v) is 11.2. The molecule has 0 aliphatic carbocycles. The van der Waals surface area contributed by atoms with E-state index in [-0.39, 0.29) is 0 Å². The molecule has 0 radical (unpaired) electrons. The Bertz CT molecular complexity index is 787. The Kier molecular flexibility index (Phi) is 7.09. The Morgan fingerprint density at radius 2 is 1.66 bits per heavy atom. The van der Waals surface area contributed by atoms with Crippen molar-refractivity contribution in [3.8, 4) is 5.75 Å². The Labute approximate surface area is 180 Å². The number of hydrogen-bond donors (Lipinski definition) is 0. The summed E-state index contributed by atoms with van der Waals surface area (Å²) in [6, 6.07) is 14.9. The molecule has 2 heterocycles. The summed E-state index contributed by atoms with van der Waals surface area (Å²) in [5.74, 6) is 0.969. The van der Waals surface area contributed by atoms with Crippen LogP contribution in [0.25, 0.3) is 0 Å². The molecule has 0 amide bonds. The van der Waals surface area contributed by atoms with Crippen molar-refractivity contribution in [1.82, 2.24) is 14.7 Å². The lowest BCUT2D eigenvalue weighted by Crippen LogP contribution is -2.47. The van der Waals surface area contributed by atoms with E-state index < -0.39 is 0 Å². The topological polar surface area (TPSA) is 19.0 Å². The van der Waals surface area contributed by atoms with E-state index in [0.29, 0.717) is 0 Å². The molecule has 156 valence electrons. The van der Waals surface area contributed by atoms with Crippen LogP contribution < -0.4 is 4.74 Å². The van der Waals surface area contributed by atoms with Gasteiger partial charge >= 0.3 is 0 Å². The maximum Gasteiger partial charge on any atom is 0.119 e. The van der Waals surface area contributed by atoms with E-state index in [1.165, 1.54) is 29.8 Å². The molecule has 1 saturated heterocycles. The molecule has 0 aromatic heterocycles. The van der Waals surface area contributed by atoms with Gasteiger partial charge in [0, 0.05) is 57.4 Å². The third-order valence-corrected chi connectivity index (χ3v) is 6.56. The van der Waals surface area contributed by atoms with Crippen molar-refractivity contribution in [3.63, 3.8) is 0 Å². The molecule has 4 rings (SSSR count). The molecule has 0 N–H and O–H groups in total. The van der Waals surface area contributed by atoms with Gasteiger partial charge in [-0.3, -0.25) is 9.80 Å². The van der Waals surface area contributed by atoms with Crippen molar-refractivity contribution in [2.75, 3.05) is 52.4 Å². The lowest BCUT2D eigenvalue weighted by Gasteiger charge is -2.33. The van der Waals surface area contributed by atoms with Gasteiger partial charge in [0.05, 0.1) is 0 Å². The van der Waals surface area contributed by atoms with Crippen molar-refractivity contribution in [2.24, 2.45) is 0 Å². The summed E-state index contributed by atoms with van der Waals surface area (Å²) in [7, 11) is 0. The van der Waals surface area contributed by atoms with Crippen molar-refractivity contribution < 1.29 is 4.74 Å². The van der Waals surface area contributed by atoms with Gasteiger partial charge in [-0.1, -0.05) is 42.8 Å². The standard InChI is InChI=1S/C24H32ClN3O/c1-2-26-12-14-27(15-13-26)16-17-29-22-8-6-20(7-9-22)18-28-11-10-23-21(19-28)4-3-5-24(23)25/h3-9H,2,10-19H2,1H3. The number of benzene rings is 2. The van der Waals surface area contributed by atoms with Crippen LogP contribution in [0.4, 0.5) is 0 Å². The van der Waals surface area contributed by atoms with Gasteiger partial charge in [-0.2, -0.15) is 0 Å². The van der Waals surface area contributed by atoms with Gasteiger partial charge in [-0.05, 0) is 47.9 Å². The van der Waals surface area contributed by atoms with Gasteiger partial charge in [0.15, 0.2) is 0 Å². The van der Waals surface area contributed by atoms with E-state index in [4.69, 9.17) is 16.3 Å². The van der Waals surface area contributed by atoms with Crippen LogP contribution in [0.15, 0.2) is 42.5 Å². The summed E-state index contributed by atoms with van der Waals surface area (Å²) < 4.78 is 5.98. The zero-order chi connectivity index (χ0) is 20.1. The molecule has 1 fully saturated rings. The van der Waals surface area contributed by atoms with E-state index in [1.807, 2.05) is 6.07 Å². The van der Waals surface area contributed by atoms with Crippen LogP contribution in [0.2, 0.25) is 5.02 Å². The molecule has 0 saturated carbocycles. The van der Waals surface area contributed by atoms with Crippen molar-refractivity contribution in [1.29, 1.82) is 0 Å². The first-order chi connectivity index (χ1) is 14.2. The number of fused-ring (bicyclic) bond motifs is 1. The normalized spacial score (nSPS) is 18.6. The average Bonchev–Trinajstić information content (AvgIpc) is 2.76. The summed E-state index contributed by atoms with van der Waals surface area (Å²) in [6.07, 6.45) is 1.03. The number of halogens is 1. The number of ether oxygens (including phenoxy) is 1. The quantitative estimate of drug-likeness (QED) is 0.684. The van der Waals surface area contributed by atoms with Crippen LogP contribution >= 0.6 is 11.6 Å². The second kappa shape index (κ2) is 9.94. The van der Waals surface area contributed by atoms with Crippen LogP contribution in [0.1, 0.15) is 23.6 Å².